The van der Waals surface area contributed by atoms with E-state index in [9.17, 15) is 4.79 Å². The van der Waals surface area contributed by atoms with Crippen LogP contribution in [0.15, 0.2) is 0 Å². The molecule has 0 bridgehead atoms. The lowest BCUT2D eigenvalue weighted by molar-refractivity contribution is -0.141. The molecule has 0 aromatic rings. The number of hydrogen-bond acceptors (Lipinski definition) is 6. The second-order valence-corrected chi connectivity index (χ2v) is 3.45. The van der Waals surface area contributed by atoms with E-state index >= 15 is 0 Å². The smallest absolute Gasteiger partial charge is 0.480 e. The summed E-state index contributed by atoms with van der Waals surface area (Å²) in [5.74, 6) is -1.50. The average Bonchev–Trinajstić information content (AvgIpc) is 2.10. The topological polar surface area (TPSA) is 144 Å². The molecule has 0 aliphatic rings. The number of aliphatic carboxylic acids is 1. The van der Waals surface area contributed by atoms with E-state index in [1.165, 1.54) is 0 Å². The Labute approximate surface area is 87.8 Å². The minimum absolute atomic E-state index is 0.0945. The van der Waals surface area contributed by atoms with Gasteiger partial charge in [0.05, 0.1) is 0 Å². The summed E-state index contributed by atoms with van der Waals surface area (Å²) >= 11 is 0. The van der Waals surface area contributed by atoms with Crippen molar-refractivity contribution in [1.82, 2.24) is 0 Å². The van der Waals surface area contributed by atoms with Crippen molar-refractivity contribution in [3.05, 3.63) is 0 Å². The van der Waals surface area contributed by atoms with Crippen LogP contribution in [0.5, 0.6) is 0 Å². The van der Waals surface area contributed by atoms with Gasteiger partial charge < -0.3 is 30.9 Å². The third-order valence-corrected chi connectivity index (χ3v) is 2.16. The molecule has 86 valence electrons. The van der Waals surface area contributed by atoms with Crippen LogP contribution >= 0.6 is 0 Å². The Morgan fingerprint density at radius 2 is 1.73 bits per heavy atom. The summed E-state index contributed by atoms with van der Waals surface area (Å²) in [5.41, 5.74) is 3.18. The summed E-state index contributed by atoms with van der Waals surface area (Å²) in [6.07, 6.45) is 0.554. The van der Waals surface area contributed by atoms with E-state index in [1.54, 1.807) is 0 Å². The number of nitrogens with two attached hydrogens (primary N) is 1. The van der Waals surface area contributed by atoms with E-state index in [0.29, 0.717) is 6.42 Å². The molecule has 0 amide bonds. The number of carbonyl (C=O) groups is 1. The first-order valence-electron chi connectivity index (χ1n) is 4.55. The minimum Gasteiger partial charge on any atom is -0.480 e. The van der Waals surface area contributed by atoms with Gasteiger partial charge in [-0.3, -0.25) is 4.79 Å². The zero-order chi connectivity index (χ0) is 12.1. The molecule has 0 radical (unpaired) electrons. The van der Waals surface area contributed by atoms with Crippen LogP contribution < -0.4 is 5.73 Å². The molecular weight excluding hydrogens is 204 g/mol. The van der Waals surface area contributed by atoms with Gasteiger partial charge >= 0.3 is 20.2 Å². The van der Waals surface area contributed by atoms with E-state index in [4.69, 9.17) is 30.9 Å². The monoisotopic (exact) mass is 219 g/mol. The Kier molecular flexibility index (Phi) is 5.84. The summed E-state index contributed by atoms with van der Waals surface area (Å²) in [7, 11) is -3.59. The number of rotatable bonds is 7. The molecular formula is C6H15B2NO6. The molecule has 0 saturated heterocycles. The van der Waals surface area contributed by atoms with Gasteiger partial charge in [-0.05, 0) is 12.7 Å². The van der Waals surface area contributed by atoms with Crippen molar-refractivity contribution in [3.63, 3.8) is 0 Å². The number of carboxylic acid groups (broad SMARTS) is 1. The molecule has 7 N–H and O–H groups in total. The highest BCUT2D eigenvalue weighted by atomic mass is 16.4. The lowest BCUT2D eigenvalue weighted by Gasteiger charge is -2.23. The van der Waals surface area contributed by atoms with Crippen LogP contribution in [0.4, 0.5) is 0 Å². The van der Waals surface area contributed by atoms with E-state index in [1.807, 2.05) is 0 Å². The maximum Gasteiger partial charge on any atom is 0.484 e. The molecule has 9 heteroatoms. The maximum atomic E-state index is 10.6. The molecule has 1 atom stereocenters. The van der Waals surface area contributed by atoms with Gasteiger partial charge in [0, 0.05) is 0 Å². The van der Waals surface area contributed by atoms with Crippen LogP contribution in [0.1, 0.15) is 19.3 Å². The zero-order valence-corrected chi connectivity index (χ0v) is 8.20. The molecule has 0 aliphatic heterocycles. The van der Waals surface area contributed by atoms with Crippen LogP contribution in [-0.4, -0.2) is 50.8 Å². The highest BCUT2D eigenvalue weighted by Crippen LogP contribution is 2.14. The molecule has 0 fully saturated rings. The highest BCUT2D eigenvalue weighted by molar-refractivity contribution is 6.51. The lowest BCUT2D eigenvalue weighted by Crippen LogP contribution is -2.60. The van der Waals surface area contributed by atoms with Gasteiger partial charge in [0.1, 0.15) is 5.44 Å². The van der Waals surface area contributed by atoms with Gasteiger partial charge in [0.25, 0.3) is 0 Å². The molecule has 0 aromatic heterocycles. The van der Waals surface area contributed by atoms with Gasteiger partial charge in [-0.25, -0.2) is 0 Å². The highest BCUT2D eigenvalue weighted by Gasteiger charge is 2.45. The molecule has 0 saturated carbocycles. The second kappa shape index (κ2) is 6.09. The van der Waals surface area contributed by atoms with Crippen LogP contribution in [-0.2, 0) is 4.79 Å². The quantitative estimate of drug-likeness (QED) is 0.203. The van der Waals surface area contributed by atoms with Crippen molar-refractivity contribution < 1.29 is 30.0 Å². The first kappa shape index (κ1) is 14.4. The van der Waals surface area contributed by atoms with Crippen molar-refractivity contribution in [2.45, 2.75) is 31.0 Å². The van der Waals surface area contributed by atoms with Gasteiger partial charge in [0.15, 0.2) is 0 Å². The molecule has 0 rings (SSSR count). The van der Waals surface area contributed by atoms with E-state index in [-0.39, 0.29) is 19.2 Å². The molecule has 0 unspecified atom stereocenters. The summed E-state index contributed by atoms with van der Waals surface area (Å²) in [6, 6.07) is 0. The molecule has 7 nitrogen and oxygen atoms in total. The largest absolute Gasteiger partial charge is 0.484 e. The first-order valence-corrected chi connectivity index (χ1v) is 4.55. The Bertz CT molecular complexity index is 214. The van der Waals surface area contributed by atoms with Crippen molar-refractivity contribution in [2.75, 3.05) is 0 Å². The average molecular weight is 219 g/mol. The third kappa shape index (κ3) is 4.63. The fraction of sp³-hybridized carbons (Fsp3) is 0.833. The molecule has 15 heavy (non-hydrogen) atoms. The molecule has 0 heterocycles. The van der Waals surface area contributed by atoms with E-state index in [0.717, 1.165) is 0 Å². The fourth-order valence-electron chi connectivity index (χ4n) is 1.09. The maximum absolute atomic E-state index is 10.6. The standard InChI is InChI=1S/C6H15B2NO6/c9-6(5(10)11,8(14)15)3-1-2-4-7(12)13/h12-15H,1-4,9H2,(H,10,11)/t6-/m0/s1. The lowest BCUT2D eigenvalue weighted by atomic mass is 9.63. The van der Waals surface area contributed by atoms with Crippen LogP contribution in [0.2, 0.25) is 6.32 Å². The van der Waals surface area contributed by atoms with Crippen molar-refractivity contribution in [3.8, 4) is 0 Å². The number of hydrogen-bond donors (Lipinski definition) is 6. The Morgan fingerprint density at radius 3 is 2.07 bits per heavy atom. The van der Waals surface area contributed by atoms with Gasteiger partial charge in [0.2, 0.25) is 0 Å². The normalized spacial score (nSPS) is 14.5. The van der Waals surface area contributed by atoms with Crippen molar-refractivity contribution >= 4 is 20.2 Å². The Balaban J connectivity index is 4.04. The van der Waals surface area contributed by atoms with Gasteiger partial charge in [-0.1, -0.05) is 12.8 Å². The van der Waals surface area contributed by atoms with Crippen LogP contribution in [0.3, 0.4) is 0 Å². The fourth-order valence-corrected chi connectivity index (χ4v) is 1.09. The predicted octanol–water partition coefficient (Wildman–Crippen LogP) is -2.58. The number of carboxylic acids is 1. The summed E-state index contributed by atoms with van der Waals surface area (Å²) in [4.78, 5) is 10.6. The Morgan fingerprint density at radius 1 is 1.20 bits per heavy atom. The van der Waals surface area contributed by atoms with E-state index in [2.05, 4.69) is 0 Å². The molecule has 0 aliphatic carbocycles. The van der Waals surface area contributed by atoms with Crippen molar-refractivity contribution in [2.24, 2.45) is 5.73 Å². The van der Waals surface area contributed by atoms with Crippen molar-refractivity contribution in [1.29, 1.82) is 0 Å². The summed E-state index contributed by atoms with van der Waals surface area (Å²) in [5, 5.41) is 43.3. The van der Waals surface area contributed by atoms with Crippen LogP contribution in [0, 0.1) is 0 Å². The summed E-state index contributed by atoms with van der Waals surface area (Å²) in [6.45, 7) is 0. The predicted molar refractivity (Wildman–Crippen MR) is 53.6 cm³/mol. The first-order chi connectivity index (χ1) is 6.80. The SMILES string of the molecule is N[C@](CCCCB(O)O)(B(O)O)C(=O)O. The van der Waals surface area contributed by atoms with Crippen LogP contribution in [0.25, 0.3) is 0 Å². The third-order valence-electron chi connectivity index (χ3n) is 2.16. The molecule has 0 aromatic carbocycles. The zero-order valence-electron chi connectivity index (χ0n) is 8.20. The molecule has 0 spiro atoms. The number of unbranched alkanes of at least 4 members (excludes halogenated alkanes) is 1. The van der Waals surface area contributed by atoms with Gasteiger partial charge in [-0.15, -0.1) is 0 Å². The Hall–Kier alpha value is -0.600. The summed E-state index contributed by atoms with van der Waals surface area (Å²) < 4.78 is 0. The van der Waals surface area contributed by atoms with E-state index < -0.39 is 25.6 Å². The minimum atomic E-state index is -2.14. The second-order valence-electron chi connectivity index (χ2n) is 3.45. The van der Waals surface area contributed by atoms with Gasteiger partial charge in [-0.2, -0.15) is 0 Å².